The summed E-state index contributed by atoms with van der Waals surface area (Å²) >= 11 is 0. The van der Waals surface area contributed by atoms with Crippen LogP contribution in [0.15, 0.2) is 36.5 Å². The predicted octanol–water partition coefficient (Wildman–Crippen LogP) is 4.54. The molecule has 2 aromatic rings. The molecule has 0 amide bonds. The van der Waals surface area contributed by atoms with Gasteiger partial charge in [0, 0.05) is 24.2 Å². The lowest BCUT2D eigenvalue weighted by molar-refractivity contribution is 0.457. The van der Waals surface area contributed by atoms with E-state index in [1.54, 1.807) is 0 Å². The van der Waals surface area contributed by atoms with Gasteiger partial charge in [-0.2, -0.15) is 0 Å². The molecule has 1 aromatic heterocycles. The first kappa shape index (κ1) is 15.0. The number of hydrogen-bond acceptors (Lipinski definition) is 2. The Morgan fingerprint density at radius 3 is 2.65 bits per heavy atom. The molecule has 0 aliphatic heterocycles. The van der Waals surface area contributed by atoms with E-state index in [2.05, 4.69) is 55.3 Å². The summed E-state index contributed by atoms with van der Waals surface area (Å²) < 4.78 is 0. The van der Waals surface area contributed by atoms with Crippen molar-refractivity contribution in [3.05, 3.63) is 42.1 Å². The van der Waals surface area contributed by atoms with Crippen LogP contribution < -0.4 is 5.32 Å². The number of pyridine rings is 1. The highest BCUT2D eigenvalue weighted by atomic mass is 14.9. The Hall–Kier alpha value is -1.41. The van der Waals surface area contributed by atoms with Crippen LogP contribution in [0, 0.1) is 5.92 Å². The zero-order chi connectivity index (χ0) is 14.4. The maximum atomic E-state index is 4.41. The third kappa shape index (κ3) is 4.31. The van der Waals surface area contributed by atoms with Gasteiger partial charge in [0.2, 0.25) is 0 Å². The highest BCUT2D eigenvalue weighted by molar-refractivity contribution is 5.81. The fourth-order valence-electron chi connectivity index (χ4n) is 2.53. The summed E-state index contributed by atoms with van der Waals surface area (Å²) in [5, 5.41) is 4.90. The normalized spacial score (nSPS) is 13.0. The van der Waals surface area contributed by atoms with Gasteiger partial charge < -0.3 is 5.32 Å². The number of aromatic nitrogens is 1. The summed E-state index contributed by atoms with van der Waals surface area (Å²) in [6.45, 7) is 7.79. The molecular weight excluding hydrogens is 244 g/mol. The maximum Gasteiger partial charge on any atom is 0.0705 e. The van der Waals surface area contributed by atoms with Crippen molar-refractivity contribution in [2.75, 3.05) is 0 Å². The molecule has 2 heteroatoms. The van der Waals surface area contributed by atoms with Crippen LogP contribution >= 0.6 is 0 Å². The molecule has 0 saturated carbocycles. The fraction of sp³-hybridized carbons (Fsp3) is 0.500. The summed E-state index contributed by atoms with van der Waals surface area (Å²) in [4.78, 5) is 4.41. The minimum absolute atomic E-state index is 0.570. The van der Waals surface area contributed by atoms with E-state index >= 15 is 0 Å². The molecule has 0 spiro atoms. The van der Waals surface area contributed by atoms with Crippen molar-refractivity contribution in [1.29, 1.82) is 0 Å². The molecular formula is C18H26N2. The summed E-state index contributed by atoms with van der Waals surface area (Å²) in [5.74, 6) is 0.811. The number of nitrogens with one attached hydrogen (secondary N) is 1. The molecule has 1 atom stereocenters. The van der Waals surface area contributed by atoms with Gasteiger partial charge in [0.05, 0.1) is 5.52 Å². The van der Waals surface area contributed by atoms with Crippen molar-refractivity contribution in [1.82, 2.24) is 10.3 Å². The Kier molecular flexibility index (Phi) is 5.54. The number of para-hydroxylation sites is 1. The molecule has 0 fully saturated rings. The van der Waals surface area contributed by atoms with Gasteiger partial charge >= 0.3 is 0 Å². The average molecular weight is 270 g/mol. The molecule has 1 aromatic carbocycles. The van der Waals surface area contributed by atoms with Crippen LogP contribution in [0.2, 0.25) is 0 Å². The lowest BCUT2D eigenvalue weighted by Crippen LogP contribution is -2.25. The van der Waals surface area contributed by atoms with Crippen LogP contribution in [-0.2, 0) is 6.54 Å². The first-order valence-electron chi connectivity index (χ1n) is 7.73. The van der Waals surface area contributed by atoms with Crippen molar-refractivity contribution in [2.24, 2.45) is 5.92 Å². The molecule has 0 bridgehead atoms. The number of hydrogen-bond donors (Lipinski definition) is 1. The Bertz CT molecular complexity index is 528. The van der Waals surface area contributed by atoms with Crippen LogP contribution in [-0.4, -0.2) is 11.0 Å². The molecule has 1 unspecified atom stereocenters. The van der Waals surface area contributed by atoms with Gasteiger partial charge in [0.15, 0.2) is 0 Å². The van der Waals surface area contributed by atoms with Crippen LogP contribution in [0.4, 0.5) is 0 Å². The lowest BCUT2D eigenvalue weighted by Gasteiger charge is -2.15. The van der Waals surface area contributed by atoms with E-state index in [1.165, 1.54) is 30.2 Å². The fourth-order valence-corrected chi connectivity index (χ4v) is 2.53. The van der Waals surface area contributed by atoms with Gasteiger partial charge in [-0.3, -0.25) is 4.98 Å². The largest absolute Gasteiger partial charge is 0.310 e. The summed E-state index contributed by atoms with van der Waals surface area (Å²) in [6.07, 6.45) is 5.79. The third-order valence-electron chi connectivity index (χ3n) is 3.80. The van der Waals surface area contributed by atoms with Crippen molar-refractivity contribution in [3.63, 3.8) is 0 Å². The van der Waals surface area contributed by atoms with E-state index in [4.69, 9.17) is 0 Å². The molecule has 1 N–H and O–H groups in total. The van der Waals surface area contributed by atoms with Crippen molar-refractivity contribution >= 4 is 10.9 Å². The highest BCUT2D eigenvalue weighted by Crippen LogP contribution is 2.16. The van der Waals surface area contributed by atoms with E-state index in [0.29, 0.717) is 6.04 Å². The number of benzene rings is 1. The zero-order valence-corrected chi connectivity index (χ0v) is 12.9. The minimum Gasteiger partial charge on any atom is -0.310 e. The van der Waals surface area contributed by atoms with Crippen LogP contribution in [0.5, 0.6) is 0 Å². The molecule has 2 rings (SSSR count). The summed E-state index contributed by atoms with van der Waals surface area (Å²) in [5.41, 5.74) is 2.42. The second-order valence-corrected chi connectivity index (χ2v) is 6.09. The Morgan fingerprint density at radius 2 is 1.85 bits per heavy atom. The smallest absolute Gasteiger partial charge is 0.0705 e. The average Bonchev–Trinajstić information content (AvgIpc) is 2.44. The molecule has 0 aliphatic rings. The monoisotopic (exact) mass is 270 g/mol. The molecule has 1 heterocycles. The predicted molar refractivity (Wildman–Crippen MR) is 86.7 cm³/mol. The van der Waals surface area contributed by atoms with E-state index < -0.39 is 0 Å². The van der Waals surface area contributed by atoms with Crippen LogP contribution in [0.3, 0.4) is 0 Å². The molecule has 20 heavy (non-hydrogen) atoms. The Morgan fingerprint density at radius 1 is 1.05 bits per heavy atom. The Balaban J connectivity index is 1.89. The summed E-state index contributed by atoms with van der Waals surface area (Å²) in [7, 11) is 0. The zero-order valence-electron chi connectivity index (χ0n) is 12.9. The van der Waals surface area contributed by atoms with Crippen molar-refractivity contribution in [2.45, 2.75) is 52.6 Å². The standard InChI is InChI=1S/C18H26N2/c1-14(2)7-6-8-15(3)20-13-16-11-12-19-18-10-5-4-9-17(16)18/h4-5,9-12,14-15,20H,6-8,13H2,1-3H3. The Labute approximate surface area is 122 Å². The van der Waals surface area contributed by atoms with E-state index in [9.17, 15) is 0 Å². The number of fused-ring (bicyclic) bond motifs is 1. The van der Waals surface area contributed by atoms with Gasteiger partial charge in [0.1, 0.15) is 0 Å². The minimum atomic E-state index is 0.570. The van der Waals surface area contributed by atoms with Crippen molar-refractivity contribution in [3.8, 4) is 0 Å². The third-order valence-corrected chi connectivity index (χ3v) is 3.80. The van der Waals surface area contributed by atoms with Crippen LogP contribution in [0.1, 0.15) is 45.6 Å². The van der Waals surface area contributed by atoms with E-state index in [-0.39, 0.29) is 0 Å². The maximum absolute atomic E-state index is 4.41. The first-order chi connectivity index (χ1) is 9.66. The second kappa shape index (κ2) is 7.39. The van der Waals surface area contributed by atoms with Crippen LogP contribution in [0.25, 0.3) is 10.9 Å². The quantitative estimate of drug-likeness (QED) is 0.799. The topological polar surface area (TPSA) is 24.9 Å². The molecule has 0 saturated heterocycles. The lowest BCUT2D eigenvalue weighted by atomic mass is 10.0. The molecule has 0 radical (unpaired) electrons. The number of nitrogens with zero attached hydrogens (tertiary/aromatic N) is 1. The number of rotatable bonds is 7. The summed E-state index contributed by atoms with van der Waals surface area (Å²) in [6, 6.07) is 11.0. The van der Waals surface area contributed by atoms with Gasteiger partial charge in [-0.1, -0.05) is 44.9 Å². The second-order valence-electron chi connectivity index (χ2n) is 6.09. The SMILES string of the molecule is CC(C)CCCC(C)NCc1ccnc2ccccc12. The first-order valence-corrected chi connectivity index (χ1v) is 7.73. The van der Waals surface area contributed by atoms with Crippen molar-refractivity contribution < 1.29 is 0 Å². The van der Waals surface area contributed by atoms with Gasteiger partial charge in [-0.25, -0.2) is 0 Å². The van der Waals surface area contributed by atoms with Gasteiger partial charge in [-0.15, -0.1) is 0 Å². The molecule has 2 nitrogen and oxygen atoms in total. The molecule has 0 aliphatic carbocycles. The van der Waals surface area contributed by atoms with Gasteiger partial charge in [-0.05, 0) is 37.0 Å². The van der Waals surface area contributed by atoms with E-state index in [0.717, 1.165) is 18.0 Å². The highest BCUT2D eigenvalue weighted by Gasteiger charge is 2.05. The van der Waals surface area contributed by atoms with E-state index in [1.807, 2.05) is 12.3 Å². The molecule has 108 valence electrons. The van der Waals surface area contributed by atoms with Gasteiger partial charge in [0.25, 0.3) is 0 Å².